The van der Waals surface area contributed by atoms with Crippen LogP contribution in [0.5, 0.6) is 0 Å². The van der Waals surface area contributed by atoms with Crippen molar-refractivity contribution >= 4 is 0 Å². The van der Waals surface area contributed by atoms with E-state index in [2.05, 4.69) is 5.10 Å². The first-order valence-corrected chi connectivity index (χ1v) is 5.27. The molecule has 0 fully saturated rings. The van der Waals surface area contributed by atoms with Crippen molar-refractivity contribution in [1.82, 2.24) is 9.78 Å². The van der Waals surface area contributed by atoms with Crippen molar-refractivity contribution in [1.29, 1.82) is 0 Å². The van der Waals surface area contributed by atoms with Crippen LogP contribution in [0.3, 0.4) is 0 Å². The first-order chi connectivity index (χ1) is 6.89. The second kappa shape index (κ2) is 4.31. The van der Waals surface area contributed by atoms with E-state index in [1.54, 1.807) is 4.68 Å². The smallest absolute Gasteiger partial charge is 0.130 e. The Morgan fingerprint density at radius 1 is 1.60 bits per heavy atom. The van der Waals surface area contributed by atoms with Gasteiger partial charge in [-0.05, 0) is 18.9 Å². The number of nitrogens with zero attached hydrogens (tertiary/aromatic N) is 2. The molecule has 0 aromatic carbocycles. The van der Waals surface area contributed by atoms with E-state index in [-0.39, 0.29) is 12.5 Å². The molecule has 0 saturated heterocycles. The van der Waals surface area contributed by atoms with Crippen molar-refractivity contribution < 1.29 is 4.39 Å². The average Bonchev–Trinajstić information content (AvgIpc) is 2.44. The molecule has 0 amide bonds. The van der Waals surface area contributed by atoms with Crippen molar-refractivity contribution in [3.63, 3.8) is 0 Å². The van der Waals surface area contributed by atoms with E-state index >= 15 is 0 Å². The van der Waals surface area contributed by atoms with Gasteiger partial charge in [-0.1, -0.05) is 13.8 Å². The number of nitrogens with two attached hydrogens (primary N) is 1. The Kier molecular flexibility index (Phi) is 3.50. The van der Waals surface area contributed by atoms with Crippen molar-refractivity contribution in [2.75, 3.05) is 6.54 Å². The van der Waals surface area contributed by atoms with Crippen molar-refractivity contribution in [2.24, 2.45) is 18.7 Å². The normalized spacial score (nSPS) is 15.7. The van der Waals surface area contributed by atoms with Gasteiger partial charge in [0.25, 0.3) is 0 Å². The van der Waals surface area contributed by atoms with E-state index in [0.29, 0.717) is 6.42 Å². The van der Waals surface area contributed by atoms with Crippen molar-refractivity contribution in [3.8, 4) is 0 Å². The molecule has 86 valence electrons. The fraction of sp³-hybridized carbons (Fsp3) is 0.727. The van der Waals surface area contributed by atoms with Gasteiger partial charge in [0, 0.05) is 25.7 Å². The summed E-state index contributed by atoms with van der Waals surface area (Å²) in [7, 11) is 1.83. The molecule has 0 radical (unpaired) electrons. The third-order valence-electron chi connectivity index (χ3n) is 2.95. The molecule has 1 heterocycles. The van der Waals surface area contributed by atoms with Gasteiger partial charge in [-0.15, -0.1) is 0 Å². The molecule has 2 N–H and O–H groups in total. The maximum atomic E-state index is 14.4. The number of aromatic nitrogens is 2. The van der Waals surface area contributed by atoms with Crippen molar-refractivity contribution in [2.45, 2.75) is 32.9 Å². The summed E-state index contributed by atoms with van der Waals surface area (Å²) < 4.78 is 16.1. The molecule has 1 rings (SSSR count). The summed E-state index contributed by atoms with van der Waals surface area (Å²) in [6.07, 6.45) is 0.332. The van der Waals surface area contributed by atoms with Crippen molar-refractivity contribution in [3.05, 3.63) is 17.5 Å². The Labute approximate surface area is 90.5 Å². The average molecular weight is 213 g/mol. The molecule has 1 aromatic heterocycles. The van der Waals surface area contributed by atoms with Crippen LogP contribution in [0.2, 0.25) is 0 Å². The first kappa shape index (κ1) is 12.2. The number of alkyl halides is 1. The lowest BCUT2D eigenvalue weighted by Gasteiger charge is -2.27. The Hall–Kier alpha value is -0.900. The summed E-state index contributed by atoms with van der Waals surface area (Å²) in [5.41, 5.74) is 5.98. The monoisotopic (exact) mass is 213 g/mol. The highest BCUT2D eigenvalue weighted by atomic mass is 19.1. The highest BCUT2D eigenvalue weighted by Gasteiger charge is 2.33. The van der Waals surface area contributed by atoms with Crippen LogP contribution in [0.4, 0.5) is 4.39 Å². The lowest BCUT2D eigenvalue weighted by molar-refractivity contribution is 0.108. The predicted octanol–water partition coefficient (Wildman–Crippen LogP) is 1.59. The minimum absolute atomic E-state index is 0.0505. The van der Waals surface area contributed by atoms with Gasteiger partial charge in [0.2, 0.25) is 0 Å². The molecule has 0 bridgehead atoms. The van der Waals surface area contributed by atoms with Gasteiger partial charge < -0.3 is 5.73 Å². The van der Waals surface area contributed by atoms with Crippen LogP contribution in [0.15, 0.2) is 6.07 Å². The second-order valence-electron chi connectivity index (χ2n) is 4.47. The number of hydrogen-bond donors (Lipinski definition) is 1. The zero-order valence-electron chi connectivity index (χ0n) is 9.92. The maximum absolute atomic E-state index is 14.4. The fourth-order valence-corrected chi connectivity index (χ4v) is 1.64. The highest BCUT2D eigenvalue weighted by Crippen LogP contribution is 2.25. The van der Waals surface area contributed by atoms with E-state index < -0.39 is 5.67 Å². The molecule has 0 aliphatic carbocycles. The van der Waals surface area contributed by atoms with E-state index in [1.165, 1.54) is 0 Å². The molecule has 0 aliphatic heterocycles. The molecule has 3 nitrogen and oxygen atoms in total. The predicted molar refractivity (Wildman–Crippen MR) is 59.4 cm³/mol. The Balaban J connectivity index is 2.88. The molecule has 15 heavy (non-hydrogen) atoms. The van der Waals surface area contributed by atoms with Crippen LogP contribution in [-0.4, -0.2) is 22.0 Å². The van der Waals surface area contributed by atoms with Gasteiger partial charge in [0.1, 0.15) is 5.67 Å². The van der Waals surface area contributed by atoms with Crippen LogP contribution in [0, 0.1) is 12.8 Å². The van der Waals surface area contributed by atoms with E-state index in [9.17, 15) is 4.39 Å². The summed E-state index contributed by atoms with van der Waals surface area (Å²) in [6.45, 7) is 5.67. The molecule has 1 unspecified atom stereocenters. The summed E-state index contributed by atoms with van der Waals surface area (Å²) in [4.78, 5) is 0. The molecular formula is C11H20FN3. The van der Waals surface area contributed by atoms with Crippen LogP contribution in [-0.2, 0) is 13.5 Å². The minimum Gasteiger partial charge on any atom is -0.328 e. The van der Waals surface area contributed by atoms with E-state index in [4.69, 9.17) is 5.73 Å². The first-order valence-electron chi connectivity index (χ1n) is 5.27. The van der Waals surface area contributed by atoms with Gasteiger partial charge in [-0.3, -0.25) is 4.68 Å². The van der Waals surface area contributed by atoms with Crippen LogP contribution >= 0.6 is 0 Å². The molecule has 0 aliphatic rings. The summed E-state index contributed by atoms with van der Waals surface area (Å²) in [5.74, 6) is -0.0855. The standard InChI is InChI=1S/C11H20FN3/c1-8(2)11(12,7-13)6-10-5-9(3)14-15(10)4/h5,8H,6-7,13H2,1-4H3. The number of hydrogen-bond acceptors (Lipinski definition) is 2. The SMILES string of the molecule is Cc1cc(CC(F)(CN)C(C)C)n(C)n1. The third kappa shape index (κ3) is 2.56. The Morgan fingerprint density at radius 2 is 2.20 bits per heavy atom. The summed E-state index contributed by atoms with van der Waals surface area (Å²) in [6, 6.07) is 1.91. The second-order valence-corrected chi connectivity index (χ2v) is 4.47. The molecule has 4 heteroatoms. The van der Waals surface area contributed by atoms with Crippen LogP contribution < -0.4 is 5.73 Å². The molecular weight excluding hydrogens is 193 g/mol. The third-order valence-corrected chi connectivity index (χ3v) is 2.95. The zero-order valence-corrected chi connectivity index (χ0v) is 9.92. The lowest BCUT2D eigenvalue weighted by Crippen LogP contribution is -2.41. The van der Waals surface area contributed by atoms with Gasteiger partial charge in [-0.2, -0.15) is 5.10 Å². The molecule has 0 saturated carbocycles. The molecule has 0 spiro atoms. The van der Waals surface area contributed by atoms with Crippen LogP contribution in [0.1, 0.15) is 25.2 Å². The Morgan fingerprint density at radius 3 is 2.53 bits per heavy atom. The van der Waals surface area contributed by atoms with Crippen LogP contribution in [0.25, 0.3) is 0 Å². The number of aryl methyl sites for hydroxylation is 2. The summed E-state index contributed by atoms with van der Waals surface area (Å²) in [5, 5.41) is 4.20. The number of rotatable bonds is 4. The quantitative estimate of drug-likeness (QED) is 0.825. The van der Waals surface area contributed by atoms with E-state index in [1.807, 2.05) is 33.9 Å². The Bertz CT molecular complexity index is 333. The lowest BCUT2D eigenvalue weighted by atomic mass is 9.88. The van der Waals surface area contributed by atoms with Gasteiger partial charge in [0.15, 0.2) is 0 Å². The molecule has 1 atom stereocenters. The maximum Gasteiger partial charge on any atom is 0.130 e. The zero-order chi connectivity index (χ0) is 11.6. The summed E-state index contributed by atoms with van der Waals surface area (Å²) >= 11 is 0. The molecule has 1 aromatic rings. The van der Waals surface area contributed by atoms with E-state index in [0.717, 1.165) is 11.4 Å². The largest absolute Gasteiger partial charge is 0.328 e. The number of halogens is 1. The highest BCUT2D eigenvalue weighted by molar-refractivity contribution is 5.12. The van der Waals surface area contributed by atoms with Gasteiger partial charge in [0.05, 0.1) is 5.69 Å². The fourth-order valence-electron chi connectivity index (χ4n) is 1.64. The topological polar surface area (TPSA) is 43.8 Å². The van der Waals surface area contributed by atoms with Gasteiger partial charge >= 0.3 is 0 Å². The van der Waals surface area contributed by atoms with Gasteiger partial charge in [-0.25, -0.2) is 4.39 Å². The minimum atomic E-state index is -1.33.